The highest BCUT2D eigenvalue weighted by atomic mass is 19.2. The maximum Gasteiger partial charge on any atom is 0.306 e. The van der Waals surface area contributed by atoms with Gasteiger partial charge in [-0.2, -0.15) is 0 Å². The van der Waals surface area contributed by atoms with Gasteiger partial charge in [-0.15, -0.1) is 0 Å². The lowest BCUT2D eigenvalue weighted by atomic mass is 9.87. The zero-order valence-corrected chi connectivity index (χ0v) is 16.3. The molecule has 2 aromatic carbocycles. The molecule has 2 rings (SSSR count). The number of nitro benzene ring substituents is 1. The number of halogens is 2. The van der Waals surface area contributed by atoms with Crippen molar-refractivity contribution in [3.8, 4) is 0 Å². The van der Waals surface area contributed by atoms with Crippen LogP contribution in [-0.2, 0) is 14.3 Å². The molecule has 11 heteroatoms. The number of carbonyl (C=O) groups excluding carboxylic acids is 3. The summed E-state index contributed by atoms with van der Waals surface area (Å²) in [5, 5.41) is 13.1. The molecule has 0 aliphatic carbocycles. The fourth-order valence-electron chi connectivity index (χ4n) is 2.94. The predicted octanol–water partition coefficient (Wildman–Crippen LogP) is 2.19. The molecule has 0 heterocycles. The third-order valence-electron chi connectivity index (χ3n) is 4.42. The summed E-state index contributed by atoms with van der Waals surface area (Å²) in [5.41, 5.74) is 4.78. The summed E-state index contributed by atoms with van der Waals surface area (Å²) in [6, 6.07) is 6.31. The summed E-state index contributed by atoms with van der Waals surface area (Å²) in [4.78, 5) is 46.9. The van der Waals surface area contributed by atoms with Crippen LogP contribution in [0.25, 0.3) is 0 Å². The van der Waals surface area contributed by atoms with Crippen molar-refractivity contribution in [1.29, 1.82) is 0 Å². The highest BCUT2D eigenvalue weighted by Crippen LogP contribution is 2.27. The van der Waals surface area contributed by atoms with E-state index in [0.717, 1.165) is 30.3 Å². The number of carbonyl (C=O) groups is 3. The number of nitrogens with one attached hydrogen (secondary N) is 1. The summed E-state index contributed by atoms with van der Waals surface area (Å²) in [6.07, 6.45) is -0.412. The first kappa shape index (κ1) is 23.4. The lowest BCUT2D eigenvalue weighted by Gasteiger charge is -2.25. The maximum absolute atomic E-state index is 14.0. The molecule has 2 amide bonds. The molecule has 2 aromatic rings. The lowest BCUT2D eigenvalue weighted by Crippen LogP contribution is -2.49. The van der Waals surface area contributed by atoms with E-state index in [4.69, 9.17) is 10.5 Å². The van der Waals surface area contributed by atoms with Gasteiger partial charge < -0.3 is 15.8 Å². The number of nitrogens with two attached hydrogens (primary N) is 1. The summed E-state index contributed by atoms with van der Waals surface area (Å²) in [6.45, 7) is 1.62. The number of primary amides is 1. The Kier molecular flexibility index (Phi) is 7.72. The molecule has 0 unspecified atom stereocenters. The van der Waals surface area contributed by atoms with Gasteiger partial charge in [0.15, 0.2) is 11.6 Å². The second kappa shape index (κ2) is 10.2. The molecule has 0 aliphatic heterocycles. The van der Waals surface area contributed by atoms with E-state index in [2.05, 4.69) is 5.32 Å². The van der Waals surface area contributed by atoms with Gasteiger partial charge >= 0.3 is 5.97 Å². The number of nitro groups is 1. The molecule has 164 valence electrons. The minimum Gasteiger partial charge on any atom is -0.466 e. The standard InChI is InChI=1S/C20H19F2N3O6/c1-2-31-16(26)10-14(11-6-8-12(9-7-11)25(29)30)18(19(23)27)24-20(28)13-4-3-5-15(21)17(13)22/h3-9,14,18H,2,10H2,1H3,(H2,23,27)(H,24,28)/t14-,18+/m1/s1. The van der Waals surface area contributed by atoms with Crippen molar-refractivity contribution in [1.82, 2.24) is 5.32 Å². The molecule has 0 saturated heterocycles. The Morgan fingerprint density at radius 2 is 1.81 bits per heavy atom. The molecule has 0 aliphatic rings. The fraction of sp³-hybridized carbons (Fsp3) is 0.250. The first-order chi connectivity index (χ1) is 14.6. The van der Waals surface area contributed by atoms with Crippen LogP contribution in [0.1, 0.15) is 35.2 Å². The van der Waals surface area contributed by atoms with Crippen LogP contribution in [0, 0.1) is 21.7 Å². The highest BCUT2D eigenvalue weighted by molar-refractivity contribution is 5.98. The van der Waals surface area contributed by atoms with Crippen LogP contribution in [0.2, 0.25) is 0 Å². The lowest BCUT2D eigenvalue weighted by molar-refractivity contribution is -0.384. The van der Waals surface area contributed by atoms with E-state index in [1.54, 1.807) is 6.92 Å². The molecule has 9 nitrogen and oxygen atoms in total. The van der Waals surface area contributed by atoms with Crippen molar-refractivity contribution < 1.29 is 32.8 Å². The van der Waals surface area contributed by atoms with E-state index in [1.165, 1.54) is 12.1 Å². The van der Waals surface area contributed by atoms with E-state index in [0.29, 0.717) is 0 Å². The smallest absolute Gasteiger partial charge is 0.306 e. The van der Waals surface area contributed by atoms with Crippen molar-refractivity contribution in [3.05, 3.63) is 75.3 Å². The molecule has 0 saturated carbocycles. The first-order valence-electron chi connectivity index (χ1n) is 9.09. The van der Waals surface area contributed by atoms with Crippen LogP contribution in [0.3, 0.4) is 0 Å². The van der Waals surface area contributed by atoms with E-state index in [1.807, 2.05) is 0 Å². The average molecular weight is 435 g/mol. The number of hydrogen-bond acceptors (Lipinski definition) is 6. The van der Waals surface area contributed by atoms with Gasteiger partial charge in [-0.3, -0.25) is 24.5 Å². The average Bonchev–Trinajstić information content (AvgIpc) is 2.72. The molecular formula is C20H19F2N3O6. The fourth-order valence-corrected chi connectivity index (χ4v) is 2.94. The van der Waals surface area contributed by atoms with Crippen molar-refractivity contribution in [2.45, 2.75) is 25.3 Å². The van der Waals surface area contributed by atoms with Crippen LogP contribution in [-0.4, -0.2) is 35.4 Å². The van der Waals surface area contributed by atoms with E-state index < -0.39 is 58.3 Å². The molecular weight excluding hydrogens is 416 g/mol. The number of ether oxygens (including phenoxy) is 1. The monoisotopic (exact) mass is 435 g/mol. The number of rotatable bonds is 9. The Morgan fingerprint density at radius 3 is 2.35 bits per heavy atom. The quantitative estimate of drug-likeness (QED) is 0.351. The first-order valence-corrected chi connectivity index (χ1v) is 9.09. The SMILES string of the molecule is CCOC(=O)C[C@H](c1ccc([N+](=O)[O-])cc1)[C@H](NC(=O)c1cccc(F)c1F)C(N)=O. The Bertz CT molecular complexity index is 997. The summed E-state index contributed by atoms with van der Waals surface area (Å²) in [7, 11) is 0. The van der Waals surface area contributed by atoms with Gasteiger partial charge in [0.1, 0.15) is 6.04 Å². The second-order valence-electron chi connectivity index (χ2n) is 6.42. The molecule has 0 aromatic heterocycles. The van der Waals surface area contributed by atoms with Gasteiger partial charge in [-0.05, 0) is 24.6 Å². The minimum atomic E-state index is -1.53. The Labute approximate surface area is 175 Å². The van der Waals surface area contributed by atoms with Gasteiger partial charge in [-0.1, -0.05) is 18.2 Å². The van der Waals surface area contributed by atoms with Crippen molar-refractivity contribution in [3.63, 3.8) is 0 Å². The molecule has 0 spiro atoms. The van der Waals surface area contributed by atoms with Crippen LogP contribution in [0.4, 0.5) is 14.5 Å². The van der Waals surface area contributed by atoms with E-state index >= 15 is 0 Å². The Morgan fingerprint density at radius 1 is 1.16 bits per heavy atom. The molecule has 0 fully saturated rings. The molecule has 3 N–H and O–H groups in total. The number of amides is 2. The largest absolute Gasteiger partial charge is 0.466 e. The van der Waals surface area contributed by atoms with Gasteiger partial charge in [0.25, 0.3) is 11.6 Å². The number of hydrogen-bond donors (Lipinski definition) is 2. The molecule has 31 heavy (non-hydrogen) atoms. The zero-order chi connectivity index (χ0) is 23.1. The number of esters is 1. The maximum atomic E-state index is 14.0. The second-order valence-corrected chi connectivity index (χ2v) is 6.42. The summed E-state index contributed by atoms with van der Waals surface area (Å²) < 4.78 is 32.3. The summed E-state index contributed by atoms with van der Waals surface area (Å²) >= 11 is 0. The minimum absolute atomic E-state index is 0.0495. The Balaban J connectivity index is 2.41. The van der Waals surface area contributed by atoms with Crippen molar-refractivity contribution in [2.24, 2.45) is 5.73 Å². The number of benzene rings is 2. The predicted molar refractivity (Wildman–Crippen MR) is 104 cm³/mol. The van der Waals surface area contributed by atoms with E-state index in [9.17, 15) is 33.3 Å². The topological polar surface area (TPSA) is 142 Å². The third-order valence-corrected chi connectivity index (χ3v) is 4.42. The van der Waals surface area contributed by atoms with E-state index in [-0.39, 0.29) is 17.9 Å². The normalized spacial score (nSPS) is 12.5. The van der Waals surface area contributed by atoms with Gasteiger partial charge in [0.05, 0.1) is 23.5 Å². The van der Waals surface area contributed by atoms with Crippen molar-refractivity contribution in [2.75, 3.05) is 6.61 Å². The van der Waals surface area contributed by atoms with Gasteiger partial charge in [-0.25, -0.2) is 8.78 Å². The molecule has 2 atom stereocenters. The van der Waals surface area contributed by atoms with Crippen molar-refractivity contribution >= 4 is 23.5 Å². The van der Waals surface area contributed by atoms with Gasteiger partial charge in [0.2, 0.25) is 5.91 Å². The highest BCUT2D eigenvalue weighted by Gasteiger charge is 2.33. The van der Waals surface area contributed by atoms with Crippen LogP contribution < -0.4 is 11.1 Å². The van der Waals surface area contributed by atoms with Crippen LogP contribution >= 0.6 is 0 Å². The Hall–Kier alpha value is -3.89. The van der Waals surface area contributed by atoms with Crippen LogP contribution in [0.5, 0.6) is 0 Å². The van der Waals surface area contributed by atoms with Crippen LogP contribution in [0.15, 0.2) is 42.5 Å². The number of nitrogens with zero attached hydrogens (tertiary/aromatic N) is 1. The zero-order valence-electron chi connectivity index (χ0n) is 16.3. The summed E-state index contributed by atoms with van der Waals surface area (Å²) in [5.74, 6) is -6.67. The molecule has 0 radical (unpaired) electrons. The molecule has 0 bridgehead atoms. The van der Waals surface area contributed by atoms with Gasteiger partial charge in [0, 0.05) is 18.1 Å². The number of non-ortho nitro benzene ring substituents is 1. The third kappa shape index (κ3) is 5.81.